The molecule has 0 saturated heterocycles. The summed E-state index contributed by atoms with van der Waals surface area (Å²) in [6.45, 7) is 1.89. The van der Waals surface area contributed by atoms with Crippen molar-refractivity contribution in [1.29, 1.82) is 0 Å². The van der Waals surface area contributed by atoms with Crippen LogP contribution in [0, 0.1) is 6.92 Å². The summed E-state index contributed by atoms with van der Waals surface area (Å²) in [5, 5.41) is 22.1. The summed E-state index contributed by atoms with van der Waals surface area (Å²) in [7, 11) is 1.90. The molecule has 1 fully saturated rings. The molecule has 1 saturated carbocycles. The number of hydrogen-bond acceptors (Lipinski definition) is 5. The standard InChI is InChI=1S/C14H22N4O2/c1-9-7-8-10(13(15)17-20)14(16-9)18(2)11-5-3-4-6-12(11)19/h7-8,11-12,19-20H,3-6H2,1-2H3,(H2,15,17). The number of rotatable bonds is 3. The van der Waals surface area contributed by atoms with E-state index in [1.807, 2.05) is 24.9 Å². The molecule has 110 valence electrons. The van der Waals surface area contributed by atoms with Gasteiger partial charge in [-0.25, -0.2) is 4.98 Å². The number of aliphatic hydroxyl groups is 1. The lowest BCUT2D eigenvalue weighted by molar-refractivity contribution is 0.106. The number of nitrogens with two attached hydrogens (primary N) is 1. The van der Waals surface area contributed by atoms with Crippen LogP contribution in [0.5, 0.6) is 0 Å². The van der Waals surface area contributed by atoms with Gasteiger partial charge in [-0.1, -0.05) is 18.0 Å². The Morgan fingerprint density at radius 2 is 2.10 bits per heavy atom. The number of aromatic nitrogens is 1. The third-order valence-corrected chi connectivity index (χ3v) is 3.92. The molecular weight excluding hydrogens is 256 g/mol. The largest absolute Gasteiger partial charge is 0.409 e. The minimum Gasteiger partial charge on any atom is -0.409 e. The van der Waals surface area contributed by atoms with E-state index in [9.17, 15) is 5.11 Å². The van der Waals surface area contributed by atoms with Gasteiger partial charge in [-0.3, -0.25) is 0 Å². The van der Waals surface area contributed by atoms with E-state index in [0.29, 0.717) is 11.4 Å². The number of pyridine rings is 1. The second-order valence-corrected chi connectivity index (χ2v) is 5.34. The van der Waals surface area contributed by atoms with E-state index in [1.54, 1.807) is 6.07 Å². The van der Waals surface area contributed by atoms with Crippen LogP contribution < -0.4 is 10.6 Å². The van der Waals surface area contributed by atoms with Crippen LogP contribution in [-0.2, 0) is 0 Å². The molecule has 0 aromatic carbocycles. The molecule has 1 heterocycles. The summed E-state index contributed by atoms with van der Waals surface area (Å²) in [5.74, 6) is 0.677. The molecular formula is C14H22N4O2. The Morgan fingerprint density at radius 3 is 2.75 bits per heavy atom. The molecule has 20 heavy (non-hydrogen) atoms. The highest BCUT2D eigenvalue weighted by Gasteiger charge is 2.29. The third-order valence-electron chi connectivity index (χ3n) is 3.92. The van der Waals surface area contributed by atoms with Crippen molar-refractivity contribution in [3.8, 4) is 0 Å². The van der Waals surface area contributed by atoms with Gasteiger partial charge in [0.25, 0.3) is 0 Å². The fourth-order valence-corrected chi connectivity index (χ4v) is 2.77. The minimum atomic E-state index is -0.365. The molecule has 4 N–H and O–H groups in total. The molecule has 1 aromatic rings. The van der Waals surface area contributed by atoms with Crippen molar-refractivity contribution in [1.82, 2.24) is 4.98 Å². The van der Waals surface area contributed by atoms with Crippen LogP contribution >= 0.6 is 0 Å². The Hall–Kier alpha value is -1.82. The average Bonchev–Trinajstić information content (AvgIpc) is 2.46. The number of amidine groups is 1. The monoisotopic (exact) mass is 278 g/mol. The van der Waals surface area contributed by atoms with Crippen LogP contribution in [0.3, 0.4) is 0 Å². The van der Waals surface area contributed by atoms with Crippen molar-refractivity contribution >= 4 is 11.7 Å². The molecule has 6 heteroatoms. The van der Waals surface area contributed by atoms with Gasteiger partial charge in [-0.05, 0) is 31.9 Å². The summed E-state index contributed by atoms with van der Waals surface area (Å²) in [6.07, 6.45) is 3.51. The summed E-state index contributed by atoms with van der Waals surface area (Å²) in [6, 6.07) is 3.63. The maximum Gasteiger partial charge on any atom is 0.173 e. The van der Waals surface area contributed by atoms with E-state index in [2.05, 4.69) is 10.1 Å². The topological polar surface area (TPSA) is 95.0 Å². The lowest BCUT2D eigenvalue weighted by atomic mass is 9.91. The second-order valence-electron chi connectivity index (χ2n) is 5.34. The Labute approximate surface area is 118 Å². The zero-order valence-corrected chi connectivity index (χ0v) is 12.0. The molecule has 6 nitrogen and oxygen atoms in total. The van der Waals surface area contributed by atoms with Gasteiger partial charge in [-0.15, -0.1) is 0 Å². The van der Waals surface area contributed by atoms with Gasteiger partial charge in [0.05, 0.1) is 17.7 Å². The number of nitrogens with zero attached hydrogens (tertiary/aromatic N) is 3. The number of aliphatic hydroxyl groups excluding tert-OH is 1. The Bertz CT molecular complexity index is 504. The molecule has 0 bridgehead atoms. The van der Waals surface area contributed by atoms with Gasteiger partial charge < -0.3 is 20.9 Å². The quantitative estimate of drug-likeness (QED) is 0.334. The molecule has 2 rings (SSSR count). The van der Waals surface area contributed by atoms with E-state index in [-0.39, 0.29) is 18.0 Å². The lowest BCUT2D eigenvalue weighted by Gasteiger charge is -2.36. The molecule has 2 atom stereocenters. The predicted molar refractivity (Wildman–Crippen MR) is 78.2 cm³/mol. The molecule has 0 aliphatic heterocycles. The zero-order valence-electron chi connectivity index (χ0n) is 12.0. The second kappa shape index (κ2) is 6.09. The highest BCUT2D eigenvalue weighted by Crippen LogP contribution is 2.27. The van der Waals surface area contributed by atoms with Gasteiger partial charge in [0.1, 0.15) is 5.82 Å². The van der Waals surface area contributed by atoms with Gasteiger partial charge in [0.2, 0.25) is 0 Å². The van der Waals surface area contributed by atoms with Crippen LogP contribution in [-0.4, -0.2) is 40.3 Å². The number of likely N-dealkylation sites (N-methyl/N-ethyl adjacent to an activating group) is 1. The number of aryl methyl sites for hydroxylation is 1. The van der Waals surface area contributed by atoms with Gasteiger partial charge >= 0.3 is 0 Å². The maximum atomic E-state index is 10.2. The average molecular weight is 278 g/mol. The fraction of sp³-hybridized carbons (Fsp3) is 0.571. The normalized spacial score (nSPS) is 23.6. The van der Waals surface area contributed by atoms with Crippen LogP contribution in [0.15, 0.2) is 17.3 Å². The Balaban J connectivity index is 2.37. The molecule has 0 amide bonds. The zero-order chi connectivity index (χ0) is 14.7. The van der Waals surface area contributed by atoms with Crippen molar-refractivity contribution < 1.29 is 10.3 Å². The van der Waals surface area contributed by atoms with E-state index >= 15 is 0 Å². The van der Waals surface area contributed by atoms with Gasteiger partial charge in [0.15, 0.2) is 5.84 Å². The van der Waals surface area contributed by atoms with Crippen LogP contribution in [0.25, 0.3) is 0 Å². The van der Waals surface area contributed by atoms with Gasteiger partial charge in [-0.2, -0.15) is 0 Å². The van der Waals surface area contributed by atoms with Crippen molar-refractivity contribution in [3.05, 3.63) is 23.4 Å². The lowest BCUT2D eigenvalue weighted by Crippen LogP contribution is -2.44. The maximum absolute atomic E-state index is 10.2. The summed E-state index contributed by atoms with van der Waals surface area (Å²) in [5.41, 5.74) is 7.15. The molecule has 1 aromatic heterocycles. The molecule has 0 radical (unpaired) electrons. The van der Waals surface area contributed by atoms with Crippen molar-refractivity contribution in [2.45, 2.75) is 44.8 Å². The number of anilines is 1. The van der Waals surface area contributed by atoms with Crippen LogP contribution in [0.1, 0.15) is 36.9 Å². The Kier molecular flexibility index (Phi) is 4.44. The van der Waals surface area contributed by atoms with E-state index < -0.39 is 0 Å². The molecule has 1 aliphatic carbocycles. The Morgan fingerprint density at radius 1 is 1.40 bits per heavy atom. The summed E-state index contributed by atoms with van der Waals surface area (Å²) < 4.78 is 0. The first-order chi connectivity index (χ1) is 9.54. The first-order valence-corrected chi connectivity index (χ1v) is 6.91. The first-order valence-electron chi connectivity index (χ1n) is 6.91. The predicted octanol–water partition coefficient (Wildman–Crippen LogP) is 1.22. The number of hydrogen-bond donors (Lipinski definition) is 3. The molecule has 2 unspecified atom stereocenters. The van der Waals surface area contributed by atoms with E-state index in [4.69, 9.17) is 10.9 Å². The SMILES string of the molecule is Cc1ccc(/C(N)=N/O)c(N(C)C2CCCCC2O)n1. The van der Waals surface area contributed by atoms with Crippen LogP contribution in [0.2, 0.25) is 0 Å². The van der Waals surface area contributed by atoms with Gasteiger partial charge in [0, 0.05) is 12.7 Å². The van der Waals surface area contributed by atoms with Crippen LogP contribution in [0.4, 0.5) is 5.82 Å². The summed E-state index contributed by atoms with van der Waals surface area (Å²) in [4.78, 5) is 6.44. The highest BCUT2D eigenvalue weighted by molar-refractivity contribution is 6.01. The summed E-state index contributed by atoms with van der Waals surface area (Å²) >= 11 is 0. The van der Waals surface area contributed by atoms with Crippen molar-refractivity contribution in [3.63, 3.8) is 0 Å². The first kappa shape index (κ1) is 14.6. The van der Waals surface area contributed by atoms with Crippen molar-refractivity contribution in [2.24, 2.45) is 10.9 Å². The highest BCUT2D eigenvalue weighted by atomic mass is 16.4. The molecule has 0 spiro atoms. The fourth-order valence-electron chi connectivity index (χ4n) is 2.77. The third kappa shape index (κ3) is 2.85. The smallest absolute Gasteiger partial charge is 0.173 e. The number of oxime groups is 1. The van der Waals surface area contributed by atoms with Crippen molar-refractivity contribution in [2.75, 3.05) is 11.9 Å². The van der Waals surface area contributed by atoms with E-state index in [1.165, 1.54) is 0 Å². The minimum absolute atomic E-state index is 0.0169. The molecule has 1 aliphatic rings. The van der Waals surface area contributed by atoms with E-state index in [0.717, 1.165) is 31.4 Å².